The highest BCUT2D eigenvalue weighted by Crippen LogP contribution is 2.26. The Labute approximate surface area is 168 Å². The quantitative estimate of drug-likeness (QED) is 0.614. The van der Waals surface area contributed by atoms with E-state index >= 15 is 0 Å². The van der Waals surface area contributed by atoms with Gasteiger partial charge in [-0.05, 0) is 30.5 Å². The maximum atomic E-state index is 12.2. The first kappa shape index (κ1) is 22.1. The van der Waals surface area contributed by atoms with Crippen LogP contribution in [0.15, 0.2) is 36.4 Å². The number of halogens is 3. The van der Waals surface area contributed by atoms with Gasteiger partial charge in [-0.2, -0.15) is 0 Å². The summed E-state index contributed by atoms with van der Waals surface area (Å²) in [6.07, 6.45) is 1.14. The first-order chi connectivity index (χ1) is 13.9. The third-order valence-electron chi connectivity index (χ3n) is 4.80. The van der Waals surface area contributed by atoms with E-state index in [4.69, 9.17) is 18.9 Å². The van der Waals surface area contributed by atoms with Crippen LogP contribution in [0.2, 0.25) is 0 Å². The third kappa shape index (κ3) is 7.29. The molecule has 0 amide bonds. The van der Waals surface area contributed by atoms with E-state index < -0.39 is 6.36 Å². The van der Waals surface area contributed by atoms with Crippen LogP contribution < -0.4 is 4.74 Å². The van der Waals surface area contributed by atoms with Gasteiger partial charge in [0, 0.05) is 12.3 Å². The zero-order chi connectivity index (χ0) is 20.7. The number of alkyl halides is 3. The SMILES string of the molecule is CC/C=C/C1COC(C2COC(CCc3ccc(OC(F)(F)F)cc3)OC2)OC1. The molecule has 0 aliphatic carbocycles. The first-order valence-electron chi connectivity index (χ1n) is 9.90. The van der Waals surface area contributed by atoms with Gasteiger partial charge in [0.2, 0.25) is 0 Å². The number of allylic oxidation sites excluding steroid dienone is 1. The summed E-state index contributed by atoms with van der Waals surface area (Å²) in [6, 6.07) is 5.84. The number of hydrogen-bond donors (Lipinski definition) is 0. The van der Waals surface area contributed by atoms with Crippen molar-refractivity contribution in [3.63, 3.8) is 0 Å². The highest BCUT2D eigenvalue weighted by atomic mass is 19.4. The van der Waals surface area contributed by atoms with E-state index in [2.05, 4.69) is 23.8 Å². The molecule has 2 heterocycles. The summed E-state index contributed by atoms with van der Waals surface area (Å²) < 4.78 is 63.6. The van der Waals surface area contributed by atoms with Gasteiger partial charge in [0.25, 0.3) is 0 Å². The molecule has 3 rings (SSSR count). The van der Waals surface area contributed by atoms with Crippen LogP contribution in [-0.2, 0) is 25.4 Å². The molecule has 162 valence electrons. The molecule has 29 heavy (non-hydrogen) atoms. The number of ether oxygens (including phenoxy) is 5. The van der Waals surface area contributed by atoms with Gasteiger partial charge in [-0.25, -0.2) is 0 Å². The van der Waals surface area contributed by atoms with Crippen molar-refractivity contribution in [1.29, 1.82) is 0 Å². The maximum Gasteiger partial charge on any atom is 0.573 e. The first-order valence-corrected chi connectivity index (χ1v) is 9.90. The normalized spacial score (nSPS) is 28.6. The third-order valence-corrected chi connectivity index (χ3v) is 4.80. The molecule has 2 saturated heterocycles. The molecule has 0 saturated carbocycles. The molecule has 8 heteroatoms. The lowest BCUT2D eigenvalue weighted by Crippen LogP contribution is -2.44. The molecular weight excluding hydrogens is 389 g/mol. The van der Waals surface area contributed by atoms with Crippen LogP contribution in [0.5, 0.6) is 5.75 Å². The Bertz CT molecular complexity index is 631. The molecule has 0 unspecified atom stereocenters. The number of benzene rings is 1. The van der Waals surface area contributed by atoms with Crippen molar-refractivity contribution >= 4 is 0 Å². The Morgan fingerprint density at radius 2 is 1.66 bits per heavy atom. The number of aryl methyl sites for hydroxylation is 1. The fourth-order valence-electron chi connectivity index (χ4n) is 3.27. The molecule has 0 bridgehead atoms. The Kier molecular flexibility index (Phi) is 7.94. The Hall–Kier alpha value is -1.61. The van der Waals surface area contributed by atoms with Gasteiger partial charge in [0.1, 0.15) is 5.75 Å². The van der Waals surface area contributed by atoms with Crippen molar-refractivity contribution in [2.24, 2.45) is 11.8 Å². The minimum Gasteiger partial charge on any atom is -0.406 e. The van der Waals surface area contributed by atoms with Crippen molar-refractivity contribution in [2.75, 3.05) is 26.4 Å². The highest BCUT2D eigenvalue weighted by Gasteiger charge is 2.33. The van der Waals surface area contributed by atoms with Gasteiger partial charge in [-0.15, -0.1) is 13.2 Å². The Morgan fingerprint density at radius 3 is 2.24 bits per heavy atom. The Balaban J connectivity index is 1.35. The predicted molar refractivity (Wildman–Crippen MR) is 99.2 cm³/mol. The second kappa shape index (κ2) is 10.4. The van der Waals surface area contributed by atoms with Gasteiger partial charge in [0.15, 0.2) is 12.6 Å². The summed E-state index contributed by atoms with van der Waals surface area (Å²) in [5.74, 6) is 0.0904. The van der Waals surface area contributed by atoms with E-state index in [-0.39, 0.29) is 30.2 Å². The molecule has 0 atom stereocenters. The topological polar surface area (TPSA) is 46.2 Å². The van der Waals surface area contributed by atoms with E-state index in [9.17, 15) is 13.2 Å². The van der Waals surface area contributed by atoms with E-state index in [1.165, 1.54) is 12.1 Å². The molecule has 2 aliphatic rings. The minimum atomic E-state index is -4.68. The largest absolute Gasteiger partial charge is 0.573 e. The Morgan fingerprint density at radius 1 is 1.00 bits per heavy atom. The van der Waals surface area contributed by atoms with Crippen LogP contribution >= 0.6 is 0 Å². The predicted octanol–water partition coefficient (Wildman–Crippen LogP) is 4.46. The van der Waals surface area contributed by atoms with Gasteiger partial charge >= 0.3 is 6.36 Å². The molecular formula is C21H27F3O5. The van der Waals surface area contributed by atoms with Crippen molar-refractivity contribution in [2.45, 2.75) is 45.1 Å². The lowest BCUT2D eigenvalue weighted by atomic mass is 10.1. The molecule has 2 aliphatic heterocycles. The molecule has 5 nitrogen and oxygen atoms in total. The van der Waals surface area contributed by atoms with Gasteiger partial charge in [0.05, 0.1) is 32.3 Å². The second-order valence-corrected chi connectivity index (χ2v) is 7.22. The number of hydrogen-bond acceptors (Lipinski definition) is 5. The lowest BCUT2D eigenvalue weighted by molar-refractivity contribution is -0.278. The van der Waals surface area contributed by atoms with Gasteiger partial charge in [-0.3, -0.25) is 0 Å². The van der Waals surface area contributed by atoms with Crippen molar-refractivity contribution in [3.8, 4) is 5.75 Å². The van der Waals surface area contributed by atoms with Crippen LogP contribution in [-0.4, -0.2) is 45.4 Å². The maximum absolute atomic E-state index is 12.2. The molecule has 0 aromatic heterocycles. The van der Waals surface area contributed by atoms with E-state index in [1.807, 2.05) is 0 Å². The molecule has 2 fully saturated rings. The summed E-state index contributed by atoms with van der Waals surface area (Å²) in [4.78, 5) is 0. The fraction of sp³-hybridized carbons (Fsp3) is 0.619. The van der Waals surface area contributed by atoms with E-state index in [1.54, 1.807) is 12.1 Å². The lowest BCUT2D eigenvalue weighted by Gasteiger charge is -2.37. The highest BCUT2D eigenvalue weighted by molar-refractivity contribution is 5.27. The summed E-state index contributed by atoms with van der Waals surface area (Å²) in [5.41, 5.74) is 0.888. The molecule has 0 radical (unpaired) electrons. The van der Waals surface area contributed by atoms with Gasteiger partial charge in [-0.1, -0.05) is 31.2 Å². The summed E-state index contributed by atoms with van der Waals surface area (Å²) in [6.45, 7) is 4.34. The van der Waals surface area contributed by atoms with Crippen LogP contribution in [0.3, 0.4) is 0 Å². The fourth-order valence-corrected chi connectivity index (χ4v) is 3.27. The molecule has 0 N–H and O–H groups in total. The second-order valence-electron chi connectivity index (χ2n) is 7.22. The standard InChI is InChI=1S/C21H27F3O5/c1-2-3-4-16-11-27-20(28-12-16)17-13-25-19(26-14-17)10-7-15-5-8-18(9-6-15)29-21(22,23)24/h3-6,8-9,16-17,19-20H,2,7,10-14H2,1H3/b4-3+. The number of rotatable bonds is 7. The average molecular weight is 416 g/mol. The van der Waals surface area contributed by atoms with Crippen molar-refractivity contribution in [3.05, 3.63) is 42.0 Å². The minimum absolute atomic E-state index is 0.0288. The van der Waals surface area contributed by atoms with Crippen LogP contribution in [0, 0.1) is 11.8 Å². The average Bonchev–Trinajstić information content (AvgIpc) is 2.71. The van der Waals surface area contributed by atoms with Gasteiger partial charge < -0.3 is 23.7 Å². The summed E-state index contributed by atoms with van der Waals surface area (Å²) >= 11 is 0. The smallest absolute Gasteiger partial charge is 0.406 e. The summed E-state index contributed by atoms with van der Waals surface area (Å²) in [7, 11) is 0. The van der Waals surface area contributed by atoms with Crippen molar-refractivity contribution < 1.29 is 36.9 Å². The molecule has 1 aromatic rings. The van der Waals surface area contributed by atoms with E-state index in [0.29, 0.717) is 39.3 Å². The van der Waals surface area contributed by atoms with Crippen molar-refractivity contribution in [1.82, 2.24) is 0 Å². The van der Waals surface area contributed by atoms with Crippen LogP contribution in [0.4, 0.5) is 13.2 Å². The van der Waals surface area contributed by atoms with E-state index in [0.717, 1.165) is 12.0 Å². The zero-order valence-electron chi connectivity index (χ0n) is 16.4. The molecule has 1 aromatic carbocycles. The zero-order valence-corrected chi connectivity index (χ0v) is 16.4. The van der Waals surface area contributed by atoms with Crippen LogP contribution in [0.1, 0.15) is 25.3 Å². The van der Waals surface area contributed by atoms with Crippen LogP contribution in [0.25, 0.3) is 0 Å². The monoisotopic (exact) mass is 416 g/mol. The molecule has 0 spiro atoms. The summed E-state index contributed by atoms with van der Waals surface area (Å²) in [5, 5.41) is 0.